The number of hydrogen-bond acceptors (Lipinski definition) is 7. The van der Waals surface area contributed by atoms with Gasteiger partial charge in [0.05, 0.1) is 21.8 Å². The number of non-ortho nitro benzene ring substituents is 1. The molecule has 0 radical (unpaired) electrons. The van der Waals surface area contributed by atoms with Gasteiger partial charge in [-0.15, -0.1) is 11.8 Å². The molecule has 1 heterocycles. The zero-order valence-electron chi connectivity index (χ0n) is 13.2. The Morgan fingerprint density at radius 3 is 2.38 bits per heavy atom. The molecule has 0 spiro atoms. The first-order valence-corrected chi connectivity index (χ1v) is 8.34. The Bertz CT molecular complexity index is 912. The van der Waals surface area contributed by atoms with Crippen LogP contribution < -0.4 is 10.0 Å². The van der Waals surface area contributed by atoms with Gasteiger partial charge in [-0.2, -0.15) is 0 Å². The number of hydrogen-bond donors (Lipinski definition) is 0. The zero-order chi connectivity index (χ0) is 18.8. The smallest absolute Gasteiger partial charge is 0.269 e. The van der Waals surface area contributed by atoms with Gasteiger partial charge in [0.15, 0.2) is 0 Å². The van der Waals surface area contributed by atoms with Crippen molar-refractivity contribution in [3.8, 4) is 0 Å². The summed E-state index contributed by atoms with van der Waals surface area (Å²) in [6, 6.07) is 11.2. The van der Waals surface area contributed by atoms with Gasteiger partial charge in [0.2, 0.25) is 11.8 Å². The quantitative estimate of drug-likeness (QED) is 0.442. The van der Waals surface area contributed by atoms with Crippen molar-refractivity contribution in [1.82, 2.24) is 0 Å². The molecule has 0 N–H and O–H groups in total. The van der Waals surface area contributed by atoms with Crippen molar-refractivity contribution >= 4 is 40.9 Å². The number of aromatic carboxylic acids is 1. The highest BCUT2D eigenvalue weighted by Gasteiger charge is 2.40. The summed E-state index contributed by atoms with van der Waals surface area (Å²) >= 11 is 0.983. The molecule has 132 valence electrons. The van der Waals surface area contributed by atoms with E-state index in [1.807, 2.05) is 0 Å². The topological polar surface area (TPSA) is 121 Å². The fourth-order valence-electron chi connectivity index (χ4n) is 2.58. The number of nitro groups is 1. The highest BCUT2D eigenvalue weighted by molar-refractivity contribution is 8.00. The van der Waals surface area contributed by atoms with E-state index in [4.69, 9.17) is 0 Å². The molecule has 1 fully saturated rings. The van der Waals surface area contributed by atoms with Gasteiger partial charge in [0.25, 0.3) is 5.69 Å². The van der Waals surface area contributed by atoms with Crippen molar-refractivity contribution in [3.63, 3.8) is 0 Å². The summed E-state index contributed by atoms with van der Waals surface area (Å²) in [5.41, 5.74) is 0.0371. The molecular formula is C17H11N2O6S-. The number of anilines is 1. The van der Waals surface area contributed by atoms with Crippen LogP contribution in [-0.4, -0.2) is 28.0 Å². The number of carboxylic acids is 1. The van der Waals surface area contributed by atoms with Crippen LogP contribution >= 0.6 is 11.8 Å². The minimum atomic E-state index is -1.36. The van der Waals surface area contributed by atoms with E-state index in [2.05, 4.69) is 0 Å². The monoisotopic (exact) mass is 371 g/mol. The normalized spacial score (nSPS) is 16.8. The van der Waals surface area contributed by atoms with Crippen LogP contribution in [-0.2, 0) is 9.59 Å². The fraction of sp³-hybridized carbons (Fsp3) is 0.118. The van der Waals surface area contributed by atoms with Crippen LogP contribution in [0.4, 0.5) is 11.4 Å². The summed E-state index contributed by atoms with van der Waals surface area (Å²) < 4.78 is 0. The van der Waals surface area contributed by atoms with Gasteiger partial charge >= 0.3 is 0 Å². The minimum Gasteiger partial charge on any atom is -0.545 e. The Kier molecular flexibility index (Phi) is 4.72. The minimum absolute atomic E-state index is 0.0495. The van der Waals surface area contributed by atoms with E-state index in [-0.39, 0.29) is 23.4 Å². The summed E-state index contributed by atoms with van der Waals surface area (Å²) in [7, 11) is 0. The fourth-order valence-corrected chi connectivity index (χ4v) is 3.76. The first kappa shape index (κ1) is 17.6. The highest BCUT2D eigenvalue weighted by atomic mass is 32.2. The van der Waals surface area contributed by atoms with E-state index in [0.717, 1.165) is 16.7 Å². The Labute approximate surface area is 151 Å². The van der Waals surface area contributed by atoms with Crippen LogP contribution in [0.15, 0.2) is 53.4 Å². The number of amides is 2. The summed E-state index contributed by atoms with van der Waals surface area (Å²) in [5, 5.41) is 21.1. The lowest BCUT2D eigenvalue weighted by Crippen LogP contribution is -2.31. The molecule has 0 aromatic heterocycles. The molecule has 2 aromatic carbocycles. The maximum absolute atomic E-state index is 12.6. The third kappa shape index (κ3) is 3.29. The largest absolute Gasteiger partial charge is 0.545 e. The van der Waals surface area contributed by atoms with Crippen molar-refractivity contribution in [2.75, 3.05) is 4.90 Å². The van der Waals surface area contributed by atoms with Gasteiger partial charge in [-0.1, -0.05) is 18.2 Å². The number of nitro benzene ring substituents is 1. The Morgan fingerprint density at radius 2 is 1.77 bits per heavy atom. The van der Waals surface area contributed by atoms with Crippen LogP contribution in [0.5, 0.6) is 0 Å². The number of thioether (sulfide) groups is 1. The molecule has 0 bridgehead atoms. The number of benzene rings is 2. The molecule has 0 unspecified atom stereocenters. The molecular weight excluding hydrogens is 360 g/mol. The molecule has 1 aliphatic rings. The molecule has 8 nitrogen and oxygen atoms in total. The maximum Gasteiger partial charge on any atom is 0.269 e. The lowest BCUT2D eigenvalue weighted by Gasteiger charge is -2.15. The molecule has 2 amide bonds. The highest BCUT2D eigenvalue weighted by Crippen LogP contribution is 2.35. The number of carboxylic acid groups (broad SMARTS) is 1. The second kappa shape index (κ2) is 6.96. The summed E-state index contributed by atoms with van der Waals surface area (Å²) in [6.07, 6.45) is -0.0954. The molecule has 1 saturated heterocycles. The Morgan fingerprint density at radius 1 is 1.12 bits per heavy atom. The van der Waals surface area contributed by atoms with Crippen molar-refractivity contribution in [3.05, 3.63) is 64.2 Å². The number of carbonyl (C=O) groups is 3. The second-order valence-electron chi connectivity index (χ2n) is 5.44. The van der Waals surface area contributed by atoms with Gasteiger partial charge in [-0.3, -0.25) is 19.7 Å². The molecule has 1 aliphatic heterocycles. The summed E-state index contributed by atoms with van der Waals surface area (Å²) in [4.78, 5) is 47.5. The lowest BCUT2D eigenvalue weighted by molar-refractivity contribution is -0.384. The molecule has 2 aromatic rings. The predicted octanol–water partition coefficient (Wildman–Crippen LogP) is 1.38. The van der Waals surface area contributed by atoms with Gasteiger partial charge in [-0.25, -0.2) is 4.90 Å². The summed E-state index contributed by atoms with van der Waals surface area (Å²) in [6.45, 7) is 0. The van der Waals surface area contributed by atoms with Gasteiger partial charge in [0.1, 0.15) is 0 Å². The van der Waals surface area contributed by atoms with Gasteiger partial charge < -0.3 is 9.90 Å². The van der Waals surface area contributed by atoms with Gasteiger partial charge in [-0.05, 0) is 18.2 Å². The second-order valence-corrected chi connectivity index (χ2v) is 6.68. The average molecular weight is 371 g/mol. The van der Waals surface area contributed by atoms with E-state index in [1.165, 1.54) is 30.3 Å². The predicted molar refractivity (Wildman–Crippen MR) is 90.6 cm³/mol. The molecule has 1 atom stereocenters. The van der Waals surface area contributed by atoms with Crippen LogP contribution in [0.1, 0.15) is 16.8 Å². The zero-order valence-corrected chi connectivity index (χ0v) is 14.0. The SMILES string of the molecule is O=C([O-])c1ccccc1S[C@H]1CC(=O)N(c2ccc([N+](=O)[O-])cc2)C1=O. The van der Waals surface area contributed by atoms with Crippen LogP contribution in [0.2, 0.25) is 0 Å². The molecule has 0 saturated carbocycles. The van der Waals surface area contributed by atoms with E-state index in [0.29, 0.717) is 4.90 Å². The van der Waals surface area contributed by atoms with Crippen molar-refractivity contribution in [2.24, 2.45) is 0 Å². The summed E-state index contributed by atoms with van der Waals surface area (Å²) in [5.74, 6) is -2.31. The first-order valence-electron chi connectivity index (χ1n) is 7.47. The number of carbonyl (C=O) groups excluding carboxylic acids is 3. The van der Waals surface area contributed by atoms with E-state index >= 15 is 0 Å². The Balaban J connectivity index is 1.83. The van der Waals surface area contributed by atoms with E-state index < -0.39 is 28.0 Å². The van der Waals surface area contributed by atoms with Gasteiger partial charge in [0, 0.05) is 29.0 Å². The van der Waals surface area contributed by atoms with Crippen LogP contribution in [0.25, 0.3) is 0 Å². The first-order chi connectivity index (χ1) is 12.4. The van der Waals surface area contributed by atoms with Crippen molar-refractivity contribution in [2.45, 2.75) is 16.6 Å². The molecule has 26 heavy (non-hydrogen) atoms. The van der Waals surface area contributed by atoms with Crippen LogP contribution in [0.3, 0.4) is 0 Å². The third-order valence-corrected chi connectivity index (χ3v) is 5.06. The van der Waals surface area contributed by atoms with Crippen LogP contribution in [0, 0.1) is 10.1 Å². The number of imide groups is 1. The number of rotatable bonds is 5. The standard InChI is InChI=1S/C17H12N2O6S/c20-15-9-14(26-13-4-2-1-3-12(13)17(22)23)16(21)18(15)10-5-7-11(8-6-10)19(24)25/h1-8,14H,9H2,(H,22,23)/p-1/t14-/m0/s1. The van der Waals surface area contributed by atoms with E-state index in [1.54, 1.807) is 18.2 Å². The maximum atomic E-state index is 12.6. The van der Waals surface area contributed by atoms with E-state index in [9.17, 15) is 29.6 Å². The average Bonchev–Trinajstić information content (AvgIpc) is 2.89. The number of nitrogens with zero attached hydrogens (tertiary/aromatic N) is 2. The van der Waals surface area contributed by atoms with Crippen molar-refractivity contribution < 1.29 is 24.4 Å². The molecule has 0 aliphatic carbocycles. The molecule has 3 rings (SSSR count). The third-order valence-electron chi connectivity index (χ3n) is 3.80. The lowest BCUT2D eigenvalue weighted by atomic mass is 10.2. The molecule has 9 heteroatoms. The Hall–Kier alpha value is -3.20. The van der Waals surface area contributed by atoms with Crippen molar-refractivity contribution in [1.29, 1.82) is 0 Å².